The minimum absolute atomic E-state index is 0.403. The molecule has 2 rings (SSSR count). The summed E-state index contributed by atoms with van der Waals surface area (Å²) in [5.74, 6) is 0.771. The molecule has 0 aliphatic carbocycles. The van der Waals surface area contributed by atoms with Crippen LogP contribution in [-0.4, -0.2) is 12.8 Å². The minimum Gasteiger partial charge on any atom is -0.497 e. The average Bonchev–Trinajstić information content (AvgIpc) is 2.46. The van der Waals surface area contributed by atoms with Crippen LogP contribution in [0.5, 0.6) is 5.75 Å². The number of rotatable bonds is 3. The SMILES string of the molecule is COc1ccc(N=C(C#N)c2ccccc2)cc1. The third-order valence-electron chi connectivity index (χ3n) is 2.47. The molecule has 88 valence electrons. The first-order valence-corrected chi connectivity index (χ1v) is 5.52. The van der Waals surface area contributed by atoms with E-state index in [-0.39, 0.29) is 0 Å². The molecule has 3 nitrogen and oxygen atoms in total. The summed E-state index contributed by atoms with van der Waals surface area (Å²) in [6.07, 6.45) is 0. The normalized spacial score (nSPS) is 10.8. The maximum Gasteiger partial charge on any atom is 0.148 e. The number of hydrogen-bond acceptors (Lipinski definition) is 3. The predicted octanol–water partition coefficient (Wildman–Crippen LogP) is 3.34. The first-order valence-electron chi connectivity index (χ1n) is 5.52. The Morgan fingerprint density at radius 1 is 1.06 bits per heavy atom. The zero-order valence-corrected chi connectivity index (χ0v) is 10.00. The summed E-state index contributed by atoms with van der Waals surface area (Å²) in [5, 5.41) is 9.14. The summed E-state index contributed by atoms with van der Waals surface area (Å²) in [6.45, 7) is 0. The Hall–Kier alpha value is -2.60. The highest BCUT2D eigenvalue weighted by atomic mass is 16.5. The maximum absolute atomic E-state index is 9.14. The van der Waals surface area contributed by atoms with Gasteiger partial charge in [0.05, 0.1) is 12.8 Å². The topological polar surface area (TPSA) is 45.4 Å². The van der Waals surface area contributed by atoms with Gasteiger partial charge >= 0.3 is 0 Å². The lowest BCUT2D eigenvalue weighted by Crippen LogP contribution is -1.95. The molecule has 18 heavy (non-hydrogen) atoms. The van der Waals surface area contributed by atoms with Gasteiger partial charge in [-0.25, -0.2) is 4.99 Å². The van der Waals surface area contributed by atoms with E-state index in [9.17, 15) is 0 Å². The van der Waals surface area contributed by atoms with Gasteiger partial charge in [-0.3, -0.25) is 0 Å². The summed E-state index contributed by atoms with van der Waals surface area (Å²) < 4.78 is 5.07. The largest absolute Gasteiger partial charge is 0.497 e. The van der Waals surface area contributed by atoms with Gasteiger partial charge in [-0.15, -0.1) is 0 Å². The first kappa shape index (κ1) is 11.9. The van der Waals surface area contributed by atoms with Crippen LogP contribution < -0.4 is 4.74 Å². The van der Waals surface area contributed by atoms with Crippen LogP contribution >= 0.6 is 0 Å². The van der Waals surface area contributed by atoms with Crippen molar-refractivity contribution in [2.24, 2.45) is 4.99 Å². The third kappa shape index (κ3) is 2.74. The van der Waals surface area contributed by atoms with E-state index >= 15 is 0 Å². The molecule has 3 heteroatoms. The van der Waals surface area contributed by atoms with E-state index in [1.54, 1.807) is 7.11 Å². The molecular weight excluding hydrogens is 224 g/mol. The molecule has 2 aromatic rings. The molecule has 0 saturated heterocycles. The maximum atomic E-state index is 9.14. The number of ether oxygens (including phenoxy) is 1. The molecule has 0 N–H and O–H groups in total. The van der Waals surface area contributed by atoms with E-state index in [2.05, 4.69) is 11.1 Å². The van der Waals surface area contributed by atoms with Gasteiger partial charge in [0.15, 0.2) is 0 Å². The second-order valence-corrected chi connectivity index (χ2v) is 3.64. The number of hydrogen-bond donors (Lipinski definition) is 0. The van der Waals surface area contributed by atoms with E-state index in [4.69, 9.17) is 10.00 Å². The summed E-state index contributed by atoms with van der Waals surface area (Å²) in [4.78, 5) is 4.32. The number of nitrogens with zero attached hydrogens (tertiary/aromatic N) is 2. The molecule has 0 heterocycles. The second-order valence-electron chi connectivity index (χ2n) is 3.64. The molecular formula is C15H12N2O. The van der Waals surface area contributed by atoms with Gasteiger partial charge in [-0.05, 0) is 24.3 Å². The predicted molar refractivity (Wildman–Crippen MR) is 71.2 cm³/mol. The van der Waals surface area contributed by atoms with Crippen molar-refractivity contribution in [2.45, 2.75) is 0 Å². The van der Waals surface area contributed by atoms with Gasteiger partial charge in [0, 0.05) is 5.56 Å². The molecule has 0 fully saturated rings. The highest BCUT2D eigenvalue weighted by molar-refractivity contribution is 6.12. The molecule has 0 spiro atoms. The highest BCUT2D eigenvalue weighted by Gasteiger charge is 2.01. The standard InChI is InChI=1S/C15H12N2O/c1-18-14-9-7-13(8-10-14)17-15(11-16)12-5-3-2-4-6-12/h2-10H,1H3. The highest BCUT2D eigenvalue weighted by Crippen LogP contribution is 2.18. The van der Waals surface area contributed by atoms with E-state index in [0.717, 1.165) is 17.0 Å². The molecule has 0 atom stereocenters. The Balaban J connectivity index is 2.33. The van der Waals surface area contributed by atoms with Gasteiger partial charge in [0.2, 0.25) is 0 Å². The van der Waals surface area contributed by atoms with Gasteiger partial charge in [0.25, 0.3) is 0 Å². The molecule has 0 unspecified atom stereocenters. The summed E-state index contributed by atoms with van der Waals surface area (Å²) in [6, 6.07) is 18.8. The van der Waals surface area contributed by atoms with Crippen molar-refractivity contribution < 1.29 is 4.74 Å². The molecule has 0 saturated carbocycles. The minimum atomic E-state index is 0.403. The van der Waals surface area contributed by atoms with Crippen LogP contribution in [-0.2, 0) is 0 Å². The van der Waals surface area contributed by atoms with Crippen molar-refractivity contribution in [2.75, 3.05) is 7.11 Å². The molecule has 0 amide bonds. The van der Waals surface area contributed by atoms with Crippen molar-refractivity contribution in [3.05, 3.63) is 60.2 Å². The van der Waals surface area contributed by atoms with Crippen molar-refractivity contribution in [1.29, 1.82) is 5.26 Å². The van der Waals surface area contributed by atoms with Crippen LogP contribution in [0.4, 0.5) is 5.69 Å². The zero-order valence-electron chi connectivity index (χ0n) is 10.00. The molecule has 2 aromatic carbocycles. The second kappa shape index (κ2) is 5.65. The van der Waals surface area contributed by atoms with Crippen LogP contribution in [0.15, 0.2) is 59.6 Å². The number of nitriles is 1. The van der Waals surface area contributed by atoms with Crippen molar-refractivity contribution >= 4 is 11.4 Å². The Labute approximate surface area is 106 Å². The van der Waals surface area contributed by atoms with Crippen LogP contribution in [0.1, 0.15) is 5.56 Å². The molecule has 0 radical (unpaired) electrons. The Kier molecular flexibility index (Phi) is 3.72. The fourth-order valence-electron chi connectivity index (χ4n) is 1.54. The quantitative estimate of drug-likeness (QED) is 0.767. The fourth-order valence-corrected chi connectivity index (χ4v) is 1.54. The number of benzene rings is 2. The van der Waals surface area contributed by atoms with Crippen LogP contribution in [0.25, 0.3) is 0 Å². The Bertz CT molecular complexity index is 580. The number of aliphatic imine (C=N–C) groups is 1. The Morgan fingerprint density at radius 2 is 1.72 bits per heavy atom. The monoisotopic (exact) mass is 236 g/mol. The van der Waals surface area contributed by atoms with Crippen LogP contribution in [0.3, 0.4) is 0 Å². The zero-order chi connectivity index (χ0) is 12.8. The van der Waals surface area contributed by atoms with Gasteiger partial charge < -0.3 is 4.74 Å². The fraction of sp³-hybridized carbons (Fsp3) is 0.0667. The van der Waals surface area contributed by atoms with Crippen LogP contribution in [0, 0.1) is 11.3 Å². The van der Waals surface area contributed by atoms with Gasteiger partial charge in [0.1, 0.15) is 17.5 Å². The third-order valence-corrected chi connectivity index (χ3v) is 2.47. The molecule has 0 bridgehead atoms. The average molecular weight is 236 g/mol. The van der Waals surface area contributed by atoms with Crippen molar-refractivity contribution in [3.63, 3.8) is 0 Å². The van der Waals surface area contributed by atoms with Gasteiger partial charge in [-0.1, -0.05) is 30.3 Å². The summed E-state index contributed by atoms with van der Waals surface area (Å²) in [7, 11) is 1.61. The Morgan fingerprint density at radius 3 is 2.28 bits per heavy atom. The first-order chi connectivity index (χ1) is 8.83. The van der Waals surface area contributed by atoms with E-state index in [1.165, 1.54) is 0 Å². The smallest absolute Gasteiger partial charge is 0.148 e. The molecule has 0 aliphatic heterocycles. The lowest BCUT2D eigenvalue weighted by atomic mass is 10.1. The van der Waals surface area contributed by atoms with E-state index in [1.807, 2.05) is 54.6 Å². The van der Waals surface area contributed by atoms with Crippen molar-refractivity contribution in [1.82, 2.24) is 0 Å². The lowest BCUT2D eigenvalue weighted by Gasteiger charge is -2.01. The molecule has 0 aromatic heterocycles. The van der Waals surface area contributed by atoms with Gasteiger partial charge in [-0.2, -0.15) is 5.26 Å². The molecule has 0 aliphatic rings. The lowest BCUT2D eigenvalue weighted by molar-refractivity contribution is 0.415. The number of methoxy groups -OCH3 is 1. The van der Waals surface area contributed by atoms with Crippen molar-refractivity contribution in [3.8, 4) is 11.8 Å². The van der Waals surface area contributed by atoms with Crippen LogP contribution in [0.2, 0.25) is 0 Å². The summed E-state index contributed by atoms with van der Waals surface area (Å²) in [5.41, 5.74) is 1.95. The van der Waals surface area contributed by atoms with E-state index < -0.39 is 0 Å². The van der Waals surface area contributed by atoms with E-state index in [0.29, 0.717) is 5.71 Å². The summed E-state index contributed by atoms with van der Waals surface area (Å²) >= 11 is 0.